The number of hydrogen-bond acceptors (Lipinski definition) is 3. The van der Waals surface area contributed by atoms with E-state index in [0.717, 1.165) is 4.47 Å². The van der Waals surface area contributed by atoms with Crippen molar-refractivity contribution in [2.24, 2.45) is 0 Å². The maximum absolute atomic E-state index is 12.0. The average molecular weight is 307 g/mol. The Morgan fingerprint density at radius 3 is 2.72 bits per heavy atom. The molecule has 0 saturated carbocycles. The van der Waals surface area contributed by atoms with Crippen molar-refractivity contribution >= 4 is 33.2 Å². The van der Waals surface area contributed by atoms with E-state index in [-0.39, 0.29) is 17.2 Å². The summed E-state index contributed by atoms with van der Waals surface area (Å²) in [6.07, 6.45) is 0. The van der Waals surface area contributed by atoms with Gasteiger partial charge in [0.15, 0.2) is 0 Å². The molecule has 0 aliphatic rings. The molecule has 0 bridgehead atoms. The number of nitrogen functional groups attached to an aromatic ring is 1. The monoisotopic (exact) mass is 306 g/mol. The molecule has 1 amide bonds. The third-order valence-corrected chi connectivity index (χ3v) is 2.86. The molecule has 0 fully saturated rings. The van der Waals surface area contributed by atoms with Crippen molar-refractivity contribution in [2.45, 2.75) is 0 Å². The van der Waals surface area contributed by atoms with Crippen LogP contribution < -0.4 is 11.1 Å². The minimum atomic E-state index is -0.360. The lowest BCUT2D eigenvalue weighted by atomic mass is 10.1. The van der Waals surface area contributed by atoms with Crippen LogP contribution in [-0.2, 0) is 0 Å². The summed E-state index contributed by atoms with van der Waals surface area (Å²) < 4.78 is 0.865. The third kappa shape index (κ3) is 2.81. The predicted molar refractivity (Wildman–Crippen MR) is 74.6 cm³/mol. The van der Waals surface area contributed by atoms with E-state index in [9.17, 15) is 9.90 Å². The number of nitrogens with two attached hydrogens (primary N) is 1. The van der Waals surface area contributed by atoms with Crippen molar-refractivity contribution in [2.75, 3.05) is 11.1 Å². The van der Waals surface area contributed by atoms with Gasteiger partial charge in [0.2, 0.25) is 0 Å². The highest BCUT2D eigenvalue weighted by molar-refractivity contribution is 9.10. The fourth-order valence-electron chi connectivity index (χ4n) is 1.51. The molecule has 0 spiro atoms. The van der Waals surface area contributed by atoms with Crippen molar-refractivity contribution < 1.29 is 9.90 Å². The van der Waals surface area contributed by atoms with Gasteiger partial charge in [0.1, 0.15) is 5.75 Å². The zero-order chi connectivity index (χ0) is 13.1. The summed E-state index contributed by atoms with van der Waals surface area (Å²) in [5.41, 5.74) is 6.91. The quantitative estimate of drug-likeness (QED) is 0.590. The summed E-state index contributed by atoms with van der Waals surface area (Å²) in [5.74, 6) is -0.356. The number of benzene rings is 2. The van der Waals surface area contributed by atoms with Gasteiger partial charge in [-0.1, -0.05) is 22.0 Å². The summed E-state index contributed by atoms with van der Waals surface area (Å²) in [6, 6.07) is 11.5. The summed E-state index contributed by atoms with van der Waals surface area (Å²) in [4.78, 5) is 12.0. The predicted octanol–water partition coefficient (Wildman–Crippen LogP) is 2.99. The van der Waals surface area contributed by atoms with Crippen molar-refractivity contribution in [3.8, 4) is 5.75 Å². The number of hydrogen-bond donors (Lipinski definition) is 3. The van der Waals surface area contributed by atoms with E-state index in [0.29, 0.717) is 11.4 Å². The van der Waals surface area contributed by atoms with Gasteiger partial charge < -0.3 is 16.2 Å². The van der Waals surface area contributed by atoms with Crippen LogP contribution in [0.3, 0.4) is 0 Å². The van der Waals surface area contributed by atoms with E-state index < -0.39 is 0 Å². The Bertz CT molecular complexity index is 599. The van der Waals surface area contributed by atoms with Crippen molar-refractivity contribution in [1.82, 2.24) is 0 Å². The van der Waals surface area contributed by atoms with Gasteiger partial charge in [-0.3, -0.25) is 4.79 Å². The Kier molecular flexibility index (Phi) is 3.53. The van der Waals surface area contributed by atoms with E-state index in [1.807, 2.05) is 12.1 Å². The van der Waals surface area contributed by atoms with Crippen LogP contribution >= 0.6 is 15.9 Å². The van der Waals surface area contributed by atoms with Crippen molar-refractivity contribution in [3.63, 3.8) is 0 Å². The normalized spacial score (nSPS) is 10.1. The zero-order valence-electron chi connectivity index (χ0n) is 9.35. The number of carbonyl (C=O) groups excluding carboxylic acids is 1. The maximum atomic E-state index is 12.0. The van der Waals surface area contributed by atoms with Crippen LogP contribution in [-0.4, -0.2) is 11.0 Å². The first kappa shape index (κ1) is 12.4. The van der Waals surface area contributed by atoms with Crippen LogP contribution in [0.5, 0.6) is 5.75 Å². The smallest absolute Gasteiger partial charge is 0.257 e. The van der Waals surface area contributed by atoms with Gasteiger partial charge in [0.25, 0.3) is 5.91 Å². The molecule has 0 saturated heterocycles. The molecule has 2 aromatic carbocycles. The Morgan fingerprint density at radius 1 is 1.22 bits per heavy atom. The van der Waals surface area contributed by atoms with Crippen LogP contribution in [0.4, 0.5) is 11.4 Å². The number of halogens is 1. The Morgan fingerprint density at radius 2 is 2.00 bits per heavy atom. The number of phenolic OH excluding ortho intramolecular Hbond substituents is 1. The molecule has 5 heteroatoms. The molecule has 92 valence electrons. The van der Waals surface area contributed by atoms with Crippen molar-refractivity contribution in [3.05, 3.63) is 52.5 Å². The number of nitrogens with one attached hydrogen (secondary N) is 1. The Hall–Kier alpha value is -2.01. The lowest BCUT2D eigenvalue weighted by Crippen LogP contribution is -2.13. The molecule has 4 nitrogen and oxygen atoms in total. The highest BCUT2D eigenvalue weighted by Crippen LogP contribution is 2.21. The molecule has 0 radical (unpaired) electrons. The second-order valence-corrected chi connectivity index (χ2v) is 4.65. The molecule has 0 atom stereocenters. The highest BCUT2D eigenvalue weighted by Gasteiger charge is 2.10. The van der Waals surface area contributed by atoms with Gasteiger partial charge in [0.05, 0.1) is 5.56 Å². The van der Waals surface area contributed by atoms with Crippen LogP contribution in [0.2, 0.25) is 0 Å². The maximum Gasteiger partial charge on any atom is 0.257 e. The molecule has 2 rings (SSSR count). The molecule has 0 aromatic heterocycles. The molecule has 18 heavy (non-hydrogen) atoms. The summed E-state index contributed by atoms with van der Waals surface area (Å²) in [5, 5.41) is 12.1. The number of carbonyl (C=O) groups is 1. The standard InChI is InChI=1S/C13H11BrN2O2/c14-8-2-1-3-9(6-8)16-13(18)11-7-10(17)4-5-12(11)15/h1-7,17H,15H2,(H,16,18). The van der Waals surface area contributed by atoms with Gasteiger partial charge in [-0.2, -0.15) is 0 Å². The van der Waals surface area contributed by atoms with Gasteiger partial charge >= 0.3 is 0 Å². The number of phenols is 1. The first-order valence-electron chi connectivity index (χ1n) is 5.21. The van der Waals surface area contributed by atoms with Crippen LogP contribution in [0.1, 0.15) is 10.4 Å². The molecule has 2 aromatic rings. The third-order valence-electron chi connectivity index (χ3n) is 2.36. The molecule has 0 aliphatic carbocycles. The molecule has 0 unspecified atom stereocenters. The van der Waals surface area contributed by atoms with Gasteiger partial charge in [-0.15, -0.1) is 0 Å². The van der Waals surface area contributed by atoms with E-state index in [1.54, 1.807) is 12.1 Å². The lowest BCUT2D eigenvalue weighted by molar-refractivity contribution is 0.102. The Labute approximate surface area is 113 Å². The van der Waals surface area contributed by atoms with Crippen LogP contribution in [0.15, 0.2) is 46.9 Å². The number of amides is 1. The molecule has 0 heterocycles. The second-order valence-electron chi connectivity index (χ2n) is 3.74. The summed E-state index contributed by atoms with van der Waals surface area (Å²) in [7, 11) is 0. The topological polar surface area (TPSA) is 75.3 Å². The van der Waals surface area contributed by atoms with Crippen molar-refractivity contribution in [1.29, 1.82) is 0 Å². The van der Waals surface area contributed by atoms with Gasteiger partial charge in [0, 0.05) is 15.8 Å². The van der Waals surface area contributed by atoms with Crippen LogP contribution in [0, 0.1) is 0 Å². The van der Waals surface area contributed by atoms with Gasteiger partial charge in [-0.05, 0) is 36.4 Å². The summed E-state index contributed by atoms with van der Waals surface area (Å²) in [6.45, 7) is 0. The minimum absolute atomic E-state index is 0.00333. The summed E-state index contributed by atoms with van der Waals surface area (Å²) >= 11 is 3.32. The van der Waals surface area contributed by atoms with E-state index in [2.05, 4.69) is 21.2 Å². The van der Waals surface area contributed by atoms with Crippen LogP contribution in [0.25, 0.3) is 0 Å². The number of rotatable bonds is 2. The molecular formula is C13H11BrN2O2. The first-order valence-corrected chi connectivity index (χ1v) is 6.01. The highest BCUT2D eigenvalue weighted by atomic mass is 79.9. The number of aromatic hydroxyl groups is 1. The fourth-order valence-corrected chi connectivity index (χ4v) is 1.90. The van der Waals surface area contributed by atoms with E-state index in [1.165, 1.54) is 18.2 Å². The Balaban J connectivity index is 2.24. The molecule has 0 aliphatic heterocycles. The second kappa shape index (κ2) is 5.10. The van der Waals surface area contributed by atoms with E-state index in [4.69, 9.17) is 5.73 Å². The molecular weight excluding hydrogens is 296 g/mol. The SMILES string of the molecule is Nc1ccc(O)cc1C(=O)Nc1cccc(Br)c1. The first-order chi connectivity index (χ1) is 8.56. The molecule has 4 N–H and O–H groups in total. The average Bonchev–Trinajstić information content (AvgIpc) is 2.32. The minimum Gasteiger partial charge on any atom is -0.508 e. The zero-order valence-corrected chi connectivity index (χ0v) is 10.9. The number of anilines is 2. The fraction of sp³-hybridized carbons (Fsp3) is 0. The largest absolute Gasteiger partial charge is 0.508 e. The lowest BCUT2D eigenvalue weighted by Gasteiger charge is -2.08. The van der Waals surface area contributed by atoms with Gasteiger partial charge in [-0.25, -0.2) is 0 Å². The van der Waals surface area contributed by atoms with E-state index >= 15 is 0 Å².